The van der Waals surface area contributed by atoms with Gasteiger partial charge in [0.1, 0.15) is 0 Å². The van der Waals surface area contributed by atoms with Crippen LogP contribution in [0.2, 0.25) is 0 Å². The minimum absolute atomic E-state index is 0.105. The lowest BCUT2D eigenvalue weighted by molar-refractivity contribution is -0.140. The molecule has 0 radical (unpaired) electrons. The predicted octanol–water partition coefficient (Wildman–Crippen LogP) is 1.89. The summed E-state index contributed by atoms with van der Waals surface area (Å²) < 4.78 is 0. The highest BCUT2D eigenvalue weighted by molar-refractivity contribution is 5.91. The van der Waals surface area contributed by atoms with E-state index < -0.39 is 17.3 Å². The molecule has 3 unspecified atom stereocenters. The van der Waals surface area contributed by atoms with Crippen molar-refractivity contribution in [2.24, 2.45) is 23.2 Å². The first-order valence-corrected chi connectivity index (χ1v) is 6.21. The number of hydrogen-bond donors (Lipinski definition) is 2. The fourth-order valence-corrected chi connectivity index (χ4v) is 2.69. The molecule has 17 heavy (non-hydrogen) atoms. The van der Waals surface area contributed by atoms with Gasteiger partial charge in [-0.3, -0.25) is 9.59 Å². The van der Waals surface area contributed by atoms with Crippen LogP contribution in [0.25, 0.3) is 0 Å². The van der Waals surface area contributed by atoms with E-state index in [1.807, 2.05) is 20.8 Å². The van der Waals surface area contributed by atoms with Crippen molar-refractivity contribution in [1.29, 1.82) is 0 Å². The standard InChI is InChI=1S/C13H23NO3/c1-7(2)6-8(3)14-11(15)9-10(12(16)17)13(9,4)5/h7-10H,6H2,1-5H3,(H,14,15)(H,16,17). The highest BCUT2D eigenvalue weighted by Crippen LogP contribution is 2.58. The maximum absolute atomic E-state index is 12.0. The van der Waals surface area contributed by atoms with Crippen LogP contribution in [-0.4, -0.2) is 23.0 Å². The van der Waals surface area contributed by atoms with E-state index in [2.05, 4.69) is 19.2 Å². The number of amides is 1. The van der Waals surface area contributed by atoms with Gasteiger partial charge >= 0.3 is 5.97 Å². The highest BCUT2D eigenvalue weighted by atomic mass is 16.4. The smallest absolute Gasteiger partial charge is 0.307 e. The number of rotatable bonds is 5. The van der Waals surface area contributed by atoms with Gasteiger partial charge in [0.05, 0.1) is 11.8 Å². The number of carbonyl (C=O) groups is 2. The van der Waals surface area contributed by atoms with Gasteiger partial charge in [-0.1, -0.05) is 27.7 Å². The molecule has 1 amide bonds. The molecule has 98 valence electrons. The molecule has 0 aliphatic heterocycles. The number of carboxylic acid groups (broad SMARTS) is 1. The predicted molar refractivity (Wildman–Crippen MR) is 65.5 cm³/mol. The third kappa shape index (κ3) is 2.99. The van der Waals surface area contributed by atoms with Crippen molar-refractivity contribution in [3.8, 4) is 0 Å². The fourth-order valence-electron chi connectivity index (χ4n) is 2.69. The van der Waals surface area contributed by atoms with E-state index in [4.69, 9.17) is 5.11 Å². The Morgan fingerprint density at radius 3 is 2.12 bits per heavy atom. The highest BCUT2D eigenvalue weighted by Gasteiger charge is 2.65. The van der Waals surface area contributed by atoms with Crippen molar-refractivity contribution < 1.29 is 14.7 Å². The number of hydrogen-bond acceptors (Lipinski definition) is 2. The summed E-state index contributed by atoms with van der Waals surface area (Å²) in [6.45, 7) is 9.84. The Bertz CT molecular complexity index is 323. The normalized spacial score (nSPS) is 27.6. The summed E-state index contributed by atoms with van der Waals surface area (Å²) in [6.07, 6.45) is 0.913. The molecule has 1 aliphatic carbocycles. The Kier molecular flexibility index (Phi) is 3.84. The summed E-state index contributed by atoms with van der Waals surface area (Å²) in [7, 11) is 0. The van der Waals surface area contributed by atoms with Crippen molar-refractivity contribution in [3.63, 3.8) is 0 Å². The average molecular weight is 241 g/mol. The first-order chi connectivity index (χ1) is 7.67. The zero-order chi connectivity index (χ0) is 13.4. The number of nitrogens with one attached hydrogen (secondary N) is 1. The Hall–Kier alpha value is -1.06. The molecule has 0 aromatic carbocycles. The van der Waals surface area contributed by atoms with Gasteiger partial charge in [-0.25, -0.2) is 0 Å². The SMILES string of the molecule is CC(C)CC(C)NC(=O)C1C(C(=O)O)C1(C)C. The van der Waals surface area contributed by atoms with E-state index in [1.165, 1.54) is 0 Å². The van der Waals surface area contributed by atoms with Crippen LogP contribution in [0.15, 0.2) is 0 Å². The van der Waals surface area contributed by atoms with Crippen LogP contribution in [0.1, 0.15) is 41.0 Å². The summed E-state index contributed by atoms with van der Waals surface area (Å²) in [5.41, 5.74) is -0.409. The lowest BCUT2D eigenvalue weighted by Gasteiger charge is -2.16. The molecule has 0 saturated heterocycles. The number of carboxylic acids is 1. The van der Waals surface area contributed by atoms with Crippen LogP contribution in [0, 0.1) is 23.2 Å². The van der Waals surface area contributed by atoms with Crippen molar-refractivity contribution in [3.05, 3.63) is 0 Å². The molecule has 0 aromatic rings. The Morgan fingerprint density at radius 2 is 1.76 bits per heavy atom. The summed E-state index contributed by atoms with van der Waals surface area (Å²) >= 11 is 0. The summed E-state index contributed by atoms with van der Waals surface area (Å²) in [4.78, 5) is 22.9. The van der Waals surface area contributed by atoms with Gasteiger partial charge in [-0.2, -0.15) is 0 Å². The van der Waals surface area contributed by atoms with Crippen LogP contribution < -0.4 is 5.32 Å². The van der Waals surface area contributed by atoms with Crippen LogP contribution in [0.3, 0.4) is 0 Å². The lowest BCUT2D eigenvalue weighted by atomic mass is 10.0. The molecule has 4 heteroatoms. The molecule has 2 N–H and O–H groups in total. The van der Waals surface area contributed by atoms with E-state index in [1.54, 1.807) is 0 Å². The molecule has 1 saturated carbocycles. The maximum Gasteiger partial charge on any atom is 0.307 e. The summed E-state index contributed by atoms with van der Waals surface area (Å²) in [5.74, 6) is -1.38. The van der Waals surface area contributed by atoms with Crippen LogP contribution in [-0.2, 0) is 9.59 Å². The molecule has 3 atom stereocenters. The molecule has 0 bridgehead atoms. The van der Waals surface area contributed by atoms with E-state index in [0.717, 1.165) is 6.42 Å². The third-order valence-corrected chi connectivity index (χ3v) is 3.59. The minimum Gasteiger partial charge on any atom is -0.481 e. The molecule has 1 aliphatic rings. The summed E-state index contributed by atoms with van der Waals surface area (Å²) in [5, 5.41) is 11.9. The molecule has 0 aromatic heterocycles. The van der Waals surface area contributed by atoms with E-state index in [-0.39, 0.29) is 17.9 Å². The van der Waals surface area contributed by atoms with Gasteiger partial charge in [0.15, 0.2) is 0 Å². The molecular weight excluding hydrogens is 218 g/mol. The van der Waals surface area contributed by atoms with Crippen molar-refractivity contribution in [2.75, 3.05) is 0 Å². The zero-order valence-corrected chi connectivity index (χ0v) is 11.3. The second-order valence-electron chi connectivity index (χ2n) is 6.15. The molecule has 1 fully saturated rings. The van der Waals surface area contributed by atoms with E-state index >= 15 is 0 Å². The monoisotopic (exact) mass is 241 g/mol. The van der Waals surface area contributed by atoms with Gasteiger partial charge < -0.3 is 10.4 Å². The van der Waals surface area contributed by atoms with Crippen molar-refractivity contribution in [2.45, 2.75) is 47.1 Å². The first-order valence-electron chi connectivity index (χ1n) is 6.21. The second-order valence-corrected chi connectivity index (χ2v) is 6.15. The quantitative estimate of drug-likeness (QED) is 0.772. The molecular formula is C13H23NO3. The largest absolute Gasteiger partial charge is 0.481 e. The topological polar surface area (TPSA) is 66.4 Å². The van der Waals surface area contributed by atoms with Crippen molar-refractivity contribution in [1.82, 2.24) is 5.32 Å². The van der Waals surface area contributed by atoms with E-state index in [0.29, 0.717) is 5.92 Å². The zero-order valence-electron chi connectivity index (χ0n) is 11.3. The Morgan fingerprint density at radius 1 is 1.24 bits per heavy atom. The Labute approximate surface area is 103 Å². The molecule has 1 rings (SSSR count). The van der Waals surface area contributed by atoms with Crippen LogP contribution in [0.5, 0.6) is 0 Å². The van der Waals surface area contributed by atoms with Gasteiger partial charge in [-0.05, 0) is 24.7 Å². The van der Waals surface area contributed by atoms with Gasteiger partial charge in [0.25, 0.3) is 0 Å². The Balaban J connectivity index is 2.53. The first kappa shape index (κ1) is 14.0. The molecule has 0 heterocycles. The van der Waals surface area contributed by atoms with Gasteiger partial charge in [0.2, 0.25) is 5.91 Å². The third-order valence-electron chi connectivity index (χ3n) is 3.59. The number of aliphatic carboxylic acids is 1. The number of carbonyl (C=O) groups excluding carboxylic acids is 1. The van der Waals surface area contributed by atoms with E-state index in [9.17, 15) is 9.59 Å². The summed E-state index contributed by atoms with van der Waals surface area (Å²) in [6, 6.07) is 0.105. The van der Waals surface area contributed by atoms with Gasteiger partial charge in [-0.15, -0.1) is 0 Å². The van der Waals surface area contributed by atoms with Crippen LogP contribution >= 0.6 is 0 Å². The van der Waals surface area contributed by atoms with Gasteiger partial charge in [0, 0.05) is 6.04 Å². The van der Waals surface area contributed by atoms with Crippen molar-refractivity contribution >= 4 is 11.9 Å². The lowest BCUT2D eigenvalue weighted by Crippen LogP contribution is -2.35. The second kappa shape index (κ2) is 4.67. The van der Waals surface area contributed by atoms with Crippen LogP contribution in [0.4, 0.5) is 0 Å². The average Bonchev–Trinajstić information content (AvgIpc) is 2.66. The maximum atomic E-state index is 12.0. The molecule has 0 spiro atoms. The minimum atomic E-state index is -0.869. The fraction of sp³-hybridized carbons (Fsp3) is 0.846. The molecule has 4 nitrogen and oxygen atoms in total.